The first-order chi connectivity index (χ1) is 20.3. The molecule has 0 rings (SSSR count). The molecule has 0 unspecified atom stereocenters. The van der Waals surface area contributed by atoms with E-state index in [1.807, 2.05) is 0 Å². The van der Waals surface area contributed by atoms with E-state index in [1.54, 1.807) is 0 Å². The Hall–Kier alpha value is -0.730. The van der Waals surface area contributed by atoms with Crippen LogP contribution in [0.4, 0.5) is 0 Å². The number of ether oxygens (including phenoxy) is 6. The molecule has 0 aliphatic heterocycles. The Morgan fingerprint density at radius 1 is 0.341 bits per heavy atom. The summed E-state index contributed by atoms with van der Waals surface area (Å²) in [5, 5.41) is 0. The fraction of sp³-hybridized carbons (Fsp3) is 0.971. The molecule has 0 spiro atoms. The van der Waals surface area contributed by atoms with Crippen LogP contribution in [0.1, 0.15) is 142 Å². The highest BCUT2D eigenvalue weighted by Crippen LogP contribution is 2.13. The summed E-state index contributed by atoms with van der Waals surface area (Å²) >= 11 is 0. The minimum atomic E-state index is -0.115. The van der Waals surface area contributed by atoms with Crippen LogP contribution in [0.5, 0.6) is 0 Å². The van der Waals surface area contributed by atoms with Crippen molar-refractivity contribution in [1.29, 1.82) is 0 Å². The van der Waals surface area contributed by atoms with Crippen molar-refractivity contribution in [2.45, 2.75) is 142 Å². The van der Waals surface area contributed by atoms with Gasteiger partial charge in [0.15, 0.2) is 0 Å². The number of esters is 1. The van der Waals surface area contributed by atoms with Crippen molar-refractivity contribution in [3.8, 4) is 0 Å². The number of hydrogen-bond acceptors (Lipinski definition) is 7. The van der Waals surface area contributed by atoms with Crippen molar-refractivity contribution in [2.75, 3.05) is 72.7 Å². The zero-order valence-corrected chi connectivity index (χ0v) is 27.3. The van der Waals surface area contributed by atoms with Gasteiger partial charge >= 0.3 is 5.97 Å². The first-order valence-corrected chi connectivity index (χ1v) is 17.4. The lowest BCUT2D eigenvalue weighted by Crippen LogP contribution is -2.15. The summed E-state index contributed by atoms with van der Waals surface area (Å²) in [6, 6.07) is 0. The van der Waals surface area contributed by atoms with Crippen molar-refractivity contribution < 1.29 is 33.2 Å². The van der Waals surface area contributed by atoms with Crippen LogP contribution in [-0.4, -0.2) is 78.6 Å². The highest BCUT2D eigenvalue weighted by atomic mass is 16.6. The van der Waals surface area contributed by atoms with Crippen LogP contribution >= 0.6 is 0 Å². The van der Waals surface area contributed by atoms with Gasteiger partial charge in [0.25, 0.3) is 0 Å². The Labute approximate surface area is 254 Å². The minimum absolute atomic E-state index is 0.115. The highest BCUT2D eigenvalue weighted by molar-refractivity contribution is 5.69. The number of carbonyl (C=O) groups is 1. The second-order valence-electron chi connectivity index (χ2n) is 11.0. The molecule has 0 aromatic rings. The molecule has 0 bridgehead atoms. The van der Waals surface area contributed by atoms with Gasteiger partial charge in [0.05, 0.1) is 59.5 Å². The van der Waals surface area contributed by atoms with Crippen molar-refractivity contribution in [2.24, 2.45) is 0 Å². The topological polar surface area (TPSA) is 72.5 Å². The van der Waals surface area contributed by atoms with Gasteiger partial charge in [0.2, 0.25) is 0 Å². The zero-order valence-electron chi connectivity index (χ0n) is 27.3. The quantitative estimate of drug-likeness (QED) is 0.0537. The monoisotopic (exact) mass is 588 g/mol. The van der Waals surface area contributed by atoms with Crippen molar-refractivity contribution in [1.82, 2.24) is 0 Å². The summed E-state index contributed by atoms with van der Waals surface area (Å²) in [4.78, 5) is 11.8. The molecule has 7 heteroatoms. The van der Waals surface area contributed by atoms with Crippen molar-refractivity contribution in [3.05, 3.63) is 0 Å². The third-order valence-corrected chi connectivity index (χ3v) is 7.11. The van der Waals surface area contributed by atoms with Crippen LogP contribution in [0.25, 0.3) is 0 Å². The third kappa shape index (κ3) is 37.2. The molecule has 0 aliphatic rings. The molecule has 0 N–H and O–H groups in total. The molecule has 0 aliphatic carbocycles. The van der Waals surface area contributed by atoms with Crippen LogP contribution in [-0.2, 0) is 33.2 Å². The Kier molecular flexibility index (Phi) is 36.6. The Bertz CT molecular complexity index is 490. The maximum absolute atomic E-state index is 11.8. The lowest BCUT2D eigenvalue weighted by molar-refractivity contribution is -0.145. The fourth-order valence-electron chi connectivity index (χ4n) is 4.54. The van der Waals surface area contributed by atoms with Crippen LogP contribution in [0.3, 0.4) is 0 Å². The van der Waals surface area contributed by atoms with Crippen LogP contribution in [0.2, 0.25) is 0 Å². The van der Waals surface area contributed by atoms with Gasteiger partial charge in [-0.15, -0.1) is 0 Å². The molecule has 0 heterocycles. The summed E-state index contributed by atoms with van der Waals surface area (Å²) in [7, 11) is 0. The van der Waals surface area contributed by atoms with E-state index >= 15 is 0 Å². The molecule has 0 saturated carbocycles. The molecule has 0 saturated heterocycles. The summed E-state index contributed by atoms with van der Waals surface area (Å²) in [5.74, 6) is -0.115. The molecule has 0 amide bonds. The second kappa shape index (κ2) is 37.3. The van der Waals surface area contributed by atoms with E-state index in [2.05, 4.69) is 13.8 Å². The molecule has 0 aromatic heterocycles. The number of hydrogen-bond donors (Lipinski definition) is 0. The fourth-order valence-corrected chi connectivity index (χ4v) is 4.54. The molecule has 0 aromatic carbocycles. The largest absolute Gasteiger partial charge is 0.463 e. The maximum atomic E-state index is 11.8. The van der Waals surface area contributed by atoms with Crippen LogP contribution in [0, 0.1) is 0 Å². The highest BCUT2D eigenvalue weighted by Gasteiger charge is 2.03. The van der Waals surface area contributed by atoms with E-state index in [-0.39, 0.29) is 5.97 Å². The average molecular weight is 589 g/mol. The number of rotatable bonds is 36. The first kappa shape index (κ1) is 40.3. The third-order valence-electron chi connectivity index (χ3n) is 7.11. The van der Waals surface area contributed by atoms with Gasteiger partial charge in [0, 0.05) is 13.0 Å². The normalized spacial score (nSPS) is 11.4. The van der Waals surface area contributed by atoms with E-state index in [4.69, 9.17) is 28.4 Å². The van der Waals surface area contributed by atoms with Crippen molar-refractivity contribution in [3.63, 3.8) is 0 Å². The Morgan fingerprint density at radius 3 is 1.02 bits per heavy atom. The van der Waals surface area contributed by atoms with E-state index in [0.29, 0.717) is 72.5 Å². The predicted octanol–water partition coefficient (Wildman–Crippen LogP) is 8.45. The van der Waals surface area contributed by atoms with E-state index < -0.39 is 0 Å². The first-order valence-electron chi connectivity index (χ1n) is 17.4. The lowest BCUT2D eigenvalue weighted by atomic mass is 10.0. The van der Waals surface area contributed by atoms with Crippen LogP contribution in [0.15, 0.2) is 0 Å². The lowest BCUT2D eigenvalue weighted by Gasteiger charge is -2.08. The molecular formula is C34H68O7. The molecule has 0 radical (unpaired) electrons. The molecule has 7 nitrogen and oxygen atoms in total. The smallest absolute Gasteiger partial charge is 0.305 e. The van der Waals surface area contributed by atoms with Gasteiger partial charge in [-0.1, -0.05) is 123 Å². The molecular weight excluding hydrogens is 520 g/mol. The summed E-state index contributed by atoms with van der Waals surface area (Å²) < 4.78 is 32.7. The van der Waals surface area contributed by atoms with Gasteiger partial charge in [-0.05, 0) is 12.8 Å². The SMILES string of the molecule is CCCCCCCCCCCCCCCCCC(=O)OCCOCCOCCOCCOCCOCCCCCC. The van der Waals surface area contributed by atoms with Gasteiger partial charge in [-0.2, -0.15) is 0 Å². The van der Waals surface area contributed by atoms with E-state index in [1.165, 1.54) is 103 Å². The average Bonchev–Trinajstić information content (AvgIpc) is 2.98. The molecule has 41 heavy (non-hydrogen) atoms. The Morgan fingerprint density at radius 2 is 0.634 bits per heavy atom. The predicted molar refractivity (Wildman–Crippen MR) is 169 cm³/mol. The van der Waals surface area contributed by atoms with Gasteiger partial charge in [0.1, 0.15) is 6.61 Å². The standard InChI is InChI=1S/C34H68O7/c1-3-5-7-9-10-11-12-13-14-15-16-17-18-19-20-22-34(35)41-33-32-40-31-30-39-29-28-38-27-26-37-25-24-36-23-21-8-6-4-2/h3-33H2,1-2H3. The number of unbranched alkanes of at least 4 members (excludes halogenated alkanes) is 17. The van der Waals surface area contributed by atoms with E-state index in [0.717, 1.165) is 25.9 Å². The van der Waals surface area contributed by atoms with Gasteiger partial charge in [-0.25, -0.2) is 0 Å². The minimum Gasteiger partial charge on any atom is -0.463 e. The summed E-state index contributed by atoms with van der Waals surface area (Å²) in [5.41, 5.74) is 0. The summed E-state index contributed by atoms with van der Waals surface area (Å²) in [6.07, 6.45) is 25.3. The van der Waals surface area contributed by atoms with Gasteiger partial charge < -0.3 is 28.4 Å². The molecule has 246 valence electrons. The number of carbonyl (C=O) groups excluding carboxylic acids is 1. The van der Waals surface area contributed by atoms with Crippen LogP contribution < -0.4 is 0 Å². The molecule has 0 fully saturated rings. The van der Waals surface area contributed by atoms with E-state index in [9.17, 15) is 4.79 Å². The van der Waals surface area contributed by atoms with Gasteiger partial charge in [-0.3, -0.25) is 4.79 Å². The zero-order chi connectivity index (χ0) is 29.7. The Balaban J connectivity index is 3.14. The summed E-state index contributed by atoms with van der Waals surface area (Å²) in [6.45, 7) is 10.5. The second-order valence-corrected chi connectivity index (χ2v) is 11.0. The molecule has 0 atom stereocenters. The van der Waals surface area contributed by atoms with Crippen molar-refractivity contribution >= 4 is 5.97 Å². The maximum Gasteiger partial charge on any atom is 0.305 e.